The number of rotatable bonds is 3. The average Bonchev–Trinajstić information content (AvgIpc) is 2.17. The van der Waals surface area contributed by atoms with Crippen LogP contribution in [0.3, 0.4) is 0 Å². The Morgan fingerprint density at radius 2 is 1.87 bits per heavy atom. The molecule has 0 unspecified atom stereocenters. The number of carbonyl (C=O) groups excluding carboxylic acids is 1. The third kappa shape index (κ3) is 2.04. The molecule has 3 nitrogen and oxygen atoms in total. The summed E-state index contributed by atoms with van der Waals surface area (Å²) in [4.78, 5) is 11.2. The van der Waals surface area contributed by atoms with Gasteiger partial charge in [0, 0.05) is 0 Å². The van der Waals surface area contributed by atoms with E-state index in [4.69, 9.17) is 21.1 Å². The molecule has 1 aromatic rings. The van der Waals surface area contributed by atoms with Gasteiger partial charge in [-0.15, -0.1) is 0 Å². The van der Waals surface area contributed by atoms with Crippen LogP contribution in [0.5, 0.6) is 11.5 Å². The van der Waals surface area contributed by atoms with Gasteiger partial charge in [-0.1, -0.05) is 11.6 Å². The molecule has 1 rings (SSSR count). The molecule has 0 radical (unpaired) electrons. The maximum atomic E-state index is 13.7. The number of carbonyl (C=O) groups is 1. The van der Waals surface area contributed by atoms with Crippen molar-refractivity contribution < 1.29 is 18.7 Å². The van der Waals surface area contributed by atoms with Gasteiger partial charge in [0.1, 0.15) is 0 Å². The highest BCUT2D eigenvalue weighted by atomic mass is 35.5. The summed E-state index contributed by atoms with van der Waals surface area (Å²) in [5, 5.41) is 0.0426. The Morgan fingerprint density at radius 1 is 1.33 bits per heavy atom. The SMILES string of the molecule is COc1c(Cl)cc(C(C)=O)c(OC)c1F. The van der Waals surface area contributed by atoms with Crippen molar-refractivity contribution in [2.24, 2.45) is 0 Å². The molecular weight excluding hydrogens is 223 g/mol. The largest absolute Gasteiger partial charge is 0.493 e. The van der Waals surface area contributed by atoms with E-state index in [0.29, 0.717) is 0 Å². The van der Waals surface area contributed by atoms with Gasteiger partial charge in [-0.25, -0.2) is 0 Å². The average molecular weight is 233 g/mol. The van der Waals surface area contributed by atoms with Gasteiger partial charge in [0.15, 0.2) is 17.3 Å². The molecule has 0 aliphatic rings. The van der Waals surface area contributed by atoms with Crippen LogP contribution in [0.2, 0.25) is 5.02 Å². The van der Waals surface area contributed by atoms with E-state index in [-0.39, 0.29) is 27.9 Å². The molecule has 0 aliphatic carbocycles. The Labute approximate surface area is 91.7 Å². The zero-order chi connectivity index (χ0) is 11.6. The van der Waals surface area contributed by atoms with E-state index in [1.807, 2.05) is 0 Å². The molecule has 0 bridgehead atoms. The molecular formula is C10H10ClFO3. The Hall–Kier alpha value is -1.29. The second-order valence-electron chi connectivity index (χ2n) is 2.84. The second-order valence-corrected chi connectivity index (χ2v) is 3.25. The zero-order valence-electron chi connectivity index (χ0n) is 8.56. The summed E-state index contributed by atoms with van der Waals surface area (Å²) in [7, 11) is 2.56. The molecule has 0 spiro atoms. The van der Waals surface area contributed by atoms with Gasteiger partial charge >= 0.3 is 0 Å². The minimum atomic E-state index is -0.766. The fourth-order valence-electron chi connectivity index (χ4n) is 1.23. The standard InChI is InChI=1S/C10H10ClFO3/c1-5(13)6-4-7(11)10(15-3)8(12)9(6)14-2/h4H,1-3H3. The van der Waals surface area contributed by atoms with Crippen LogP contribution in [0.15, 0.2) is 6.07 Å². The van der Waals surface area contributed by atoms with Crippen molar-refractivity contribution in [1.29, 1.82) is 0 Å². The van der Waals surface area contributed by atoms with Crippen LogP contribution in [0.1, 0.15) is 17.3 Å². The third-order valence-corrected chi connectivity index (χ3v) is 2.20. The van der Waals surface area contributed by atoms with Crippen LogP contribution in [0.25, 0.3) is 0 Å². The number of methoxy groups -OCH3 is 2. The van der Waals surface area contributed by atoms with E-state index in [1.54, 1.807) is 0 Å². The minimum absolute atomic E-state index is 0.0426. The van der Waals surface area contributed by atoms with Gasteiger partial charge in [0.25, 0.3) is 0 Å². The number of Topliss-reactive ketones (excluding diaryl/α,β-unsaturated/α-hetero) is 1. The fourth-order valence-corrected chi connectivity index (χ4v) is 1.50. The van der Waals surface area contributed by atoms with Crippen molar-refractivity contribution in [3.63, 3.8) is 0 Å². The van der Waals surface area contributed by atoms with Gasteiger partial charge in [-0.2, -0.15) is 4.39 Å². The van der Waals surface area contributed by atoms with E-state index in [0.717, 1.165) is 0 Å². The van der Waals surface area contributed by atoms with Gasteiger partial charge in [-0.05, 0) is 13.0 Å². The summed E-state index contributed by atoms with van der Waals surface area (Å²) < 4.78 is 23.2. The summed E-state index contributed by atoms with van der Waals surface area (Å²) >= 11 is 5.74. The molecule has 82 valence electrons. The molecule has 0 saturated heterocycles. The summed E-state index contributed by atoms with van der Waals surface area (Å²) in [6, 6.07) is 1.32. The molecule has 0 aliphatic heterocycles. The van der Waals surface area contributed by atoms with Crippen molar-refractivity contribution in [2.75, 3.05) is 14.2 Å². The van der Waals surface area contributed by atoms with Crippen LogP contribution in [-0.2, 0) is 0 Å². The normalized spacial score (nSPS) is 9.93. The van der Waals surface area contributed by atoms with Crippen molar-refractivity contribution in [2.45, 2.75) is 6.92 Å². The topological polar surface area (TPSA) is 35.5 Å². The highest BCUT2D eigenvalue weighted by Crippen LogP contribution is 2.36. The smallest absolute Gasteiger partial charge is 0.209 e. The molecule has 0 atom stereocenters. The van der Waals surface area contributed by atoms with Crippen molar-refractivity contribution in [1.82, 2.24) is 0 Å². The molecule has 5 heteroatoms. The lowest BCUT2D eigenvalue weighted by Crippen LogP contribution is -2.02. The molecule has 1 aromatic carbocycles. The summed E-state index contributed by atoms with van der Waals surface area (Å²) in [6.45, 7) is 1.31. The zero-order valence-corrected chi connectivity index (χ0v) is 9.31. The van der Waals surface area contributed by atoms with E-state index < -0.39 is 5.82 Å². The minimum Gasteiger partial charge on any atom is -0.493 e. The number of hydrogen-bond acceptors (Lipinski definition) is 3. The number of hydrogen-bond donors (Lipinski definition) is 0. The predicted molar refractivity (Wildman–Crippen MR) is 54.5 cm³/mol. The van der Waals surface area contributed by atoms with Gasteiger partial charge in [0.2, 0.25) is 5.82 Å². The van der Waals surface area contributed by atoms with Crippen LogP contribution in [0, 0.1) is 5.82 Å². The Bertz CT molecular complexity index is 404. The van der Waals surface area contributed by atoms with Crippen molar-refractivity contribution in [3.8, 4) is 11.5 Å². The maximum absolute atomic E-state index is 13.7. The number of halogens is 2. The fraction of sp³-hybridized carbons (Fsp3) is 0.300. The second kappa shape index (κ2) is 4.49. The number of ether oxygens (including phenoxy) is 2. The number of ketones is 1. The maximum Gasteiger partial charge on any atom is 0.209 e. The lowest BCUT2D eigenvalue weighted by atomic mass is 10.1. The monoisotopic (exact) mass is 232 g/mol. The van der Waals surface area contributed by atoms with Crippen LogP contribution in [0.4, 0.5) is 4.39 Å². The molecule has 0 aromatic heterocycles. The first kappa shape index (κ1) is 11.8. The Kier molecular flexibility index (Phi) is 3.52. The van der Waals surface area contributed by atoms with E-state index in [1.165, 1.54) is 27.2 Å². The lowest BCUT2D eigenvalue weighted by molar-refractivity contribution is 0.101. The first-order valence-corrected chi connectivity index (χ1v) is 4.51. The van der Waals surface area contributed by atoms with E-state index in [9.17, 15) is 9.18 Å². The Balaban J connectivity index is 3.51. The van der Waals surface area contributed by atoms with E-state index >= 15 is 0 Å². The highest BCUT2D eigenvalue weighted by molar-refractivity contribution is 6.32. The van der Waals surface area contributed by atoms with Crippen LogP contribution >= 0.6 is 11.6 Å². The molecule has 0 amide bonds. The quantitative estimate of drug-likeness (QED) is 0.752. The van der Waals surface area contributed by atoms with Crippen LogP contribution < -0.4 is 9.47 Å². The van der Waals surface area contributed by atoms with Crippen molar-refractivity contribution in [3.05, 3.63) is 22.5 Å². The molecule has 15 heavy (non-hydrogen) atoms. The lowest BCUT2D eigenvalue weighted by Gasteiger charge is -2.11. The van der Waals surface area contributed by atoms with Crippen molar-refractivity contribution >= 4 is 17.4 Å². The first-order valence-electron chi connectivity index (χ1n) is 4.13. The molecule has 0 N–H and O–H groups in total. The van der Waals surface area contributed by atoms with E-state index in [2.05, 4.69) is 0 Å². The summed E-state index contributed by atoms with van der Waals surface area (Å²) in [5.41, 5.74) is 0.0980. The highest BCUT2D eigenvalue weighted by Gasteiger charge is 2.20. The van der Waals surface area contributed by atoms with Crippen LogP contribution in [-0.4, -0.2) is 20.0 Å². The summed E-state index contributed by atoms with van der Waals surface area (Å²) in [6.07, 6.45) is 0. The van der Waals surface area contributed by atoms with Gasteiger partial charge < -0.3 is 9.47 Å². The first-order chi connectivity index (χ1) is 7.02. The van der Waals surface area contributed by atoms with Gasteiger partial charge in [-0.3, -0.25) is 4.79 Å². The van der Waals surface area contributed by atoms with Gasteiger partial charge in [0.05, 0.1) is 24.8 Å². The molecule has 0 saturated carbocycles. The molecule has 0 fully saturated rings. The predicted octanol–water partition coefficient (Wildman–Crippen LogP) is 2.70. The summed E-state index contributed by atoms with van der Waals surface area (Å²) in [5.74, 6) is -1.37. The Morgan fingerprint density at radius 3 is 2.27 bits per heavy atom. The third-order valence-electron chi connectivity index (χ3n) is 1.92. The number of benzene rings is 1. The molecule has 0 heterocycles.